The number of fused-ring (bicyclic) bond motifs is 1. The van der Waals surface area contributed by atoms with Gasteiger partial charge < -0.3 is 0 Å². The van der Waals surface area contributed by atoms with Gasteiger partial charge in [0, 0.05) is 21.1 Å². The van der Waals surface area contributed by atoms with Crippen molar-refractivity contribution in [3.8, 4) is 0 Å². The molecule has 3 N–H and O–H groups in total. The van der Waals surface area contributed by atoms with E-state index in [1.807, 2.05) is 48.5 Å². The van der Waals surface area contributed by atoms with Crippen LogP contribution in [-0.4, -0.2) is 4.98 Å². The van der Waals surface area contributed by atoms with Crippen LogP contribution < -0.4 is 11.3 Å². The summed E-state index contributed by atoms with van der Waals surface area (Å²) >= 11 is 9.58. The lowest BCUT2D eigenvalue weighted by Gasteiger charge is -2.18. The second kappa shape index (κ2) is 6.12. The third-order valence-electron chi connectivity index (χ3n) is 3.35. The average molecular weight is 363 g/mol. The zero-order chi connectivity index (χ0) is 14.8. The summed E-state index contributed by atoms with van der Waals surface area (Å²) < 4.78 is 0.921. The van der Waals surface area contributed by atoms with Gasteiger partial charge in [0.2, 0.25) is 0 Å². The number of benzene rings is 2. The SMILES string of the molecule is NNC(c1cc(Cl)cc(Br)c1)c1ccc2cccnc2c1. The predicted molar refractivity (Wildman–Crippen MR) is 90.1 cm³/mol. The molecule has 3 nitrogen and oxygen atoms in total. The van der Waals surface area contributed by atoms with Crippen molar-refractivity contribution in [3.05, 3.63) is 75.4 Å². The molecule has 3 rings (SSSR count). The highest BCUT2D eigenvalue weighted by molar-refractivity contribution is 9.10. The Morgan fingerprint density at radius 1 is 1.10 bits per heavy atom. The minimum atomic E-state index is -0.147. The molecule has 0 saturated heterocycles. The van der Waals surface area contributed by atoms with Gasteiger partial charge in [-0.3, -0.25) is 10.8 Å². The third kappa shape index (κ3) is 3.09. The van der Waals surface area contributed by atoms with Crippen LogP contribution in [0, 0.1) is 0 Å². The van der Waals surface area contributed by atoms with Gasteiger partial charge in [-0.2, -0.15) is 0 Å². The minimum Gasteiger partial charge on any atom is -0.271 e. The van der Waals surface area contributed by atoms with Gasteiger partial charge in [-0.25, -0.2) is 5.43 Å². The van der Waals surface area contributed by atoms with Gasteiger partial charge in [0.25, 0.3) is 0 Å². The van der Waals surface area contributed by atoms with Crippen molar-refractivity contribution >= 4 is 38.4 Å². The van der Waals surface area contributed by atoms with Gasteiger partial charge in [0.15, 0.2) is 0 Å². The van der Waals surface area contributed by atoms with Crippen LogP contribution in [0.3, 0.4) is 0 Å². The first kappa shape index (κ1) is 14.5. The summed E-state index contributed by atoms with van der Waals surface area (Å²) in [5.74, 6) is 5.75. The number of pyridine rings is 1. The fourth-order valence-electron chi connectivity index (χ4n) is 2.39. The van der Waals surface area contributed by atoms with Crippen LogP contribution in [0.2, 0.25) is 5.02 Å². The highest BCUT2D eigenvalue weighted by atomic mass is 79.9. The van der Waals surface area contributed by atoms with Crippen LogP contribution in [0.15, 0.2) is 59.2 Å². The molecule has 0 aliphatic heterocycles. The molecule has 1 aromatic heterocycles. The van der Waals surface area contributed by atoms with Crippen LogP contribution in [0.5, 0.6) is 0 Å². The van der Waals surface area contributed by atoms with Crippen molar-refractivity contribution in [1.29, 1.82) is 0 Å². The zero-order valence-corrected chi connectivity index (χ0v) is 13.4. The molecule has 1 heterocycles. The topological polar surface area (TPSA) is 50.9 Å². The fourth-order valence-corrected chi connectivity index (χ4v) is 3.28. The largest absolute Gasteiger partial charge is 0.271 e. The number of aromatic nitrogens is 1. The standard InChI is InChI=1S/C16H13BrClN3/c17-13-6-12(7-14(18)9-13)16(21-19)11-4-3-10-2-1-5-20-15(10)8-11/h1-9,16,21H,19H2. The van der Waals surface area contributed by atoms with Crippen molar-refractivity contribution in [2.75, 3.05) is 0 Å². The first-order valence-corrected chi connectivity index (χ1v) is 7.61. The van der Waals surface area contributed by atoms with Crippen molar-refractivity contribution in [3.63, 3.8) is 0 Å². The summed E-state index contributed by atoms with van der Waals surface area (Å²) in [7, 11) is 0. The minimum absolute atomic E-state index is 0.147. The molecule has 0 saturated carbocycles. The predicted octanol–water partition coefficient (Wildman–Crippen LogP) is 4.20. The Morgan fingerprint density at radius 3 is 2.71 bits per heavy atom. The first-order chi connectivity index (χ1) is 10.2. The van der Waals surface area contributed by atoms with Gasteiger partial charge in [-0.1, -0.05) is 45.7 Å². The van der Waals surface area contributed by atoms with E-state index in [0.717, 1.165) is 26.5 Å². The van der Waals surface area contributed by atoms with E-state index in [2.05, 4.69) is 26.3 Å². The Labute approximate surface area is 136 Å². The van der Waals surface area contributed by atoms with Crippen LogP contribution >= 0.6 is 27.5 Å². The molecule has 0 bridgehead atoms. The first-order valence-electron chi connectivity index (χ1n) is 6.44. The normalized spacial score (nSPS) is 12.5. The third-order valence-corrected chi connectivity index (χ3v) is 4.02. The number of rotatable bonds is 3. The lowest BCUT2D eigenvalue weighted by molar-refractivity contribution is 0.637. The van der Waals surface area contributed by atoms with Crippen molar-refractivity contribution < 1.29 is 0 Å². The van der Waals surface area contributed by atoms with Crippen molar-refractivity contribution in [2.24, 2.45) is 5.84 Å². The van der Waals surface area contributed by atoms with E-state index in [1.54, 1.807) is 6.20 Å². The Balaban J connectivity index is 2.08. The van der Waals surface area contributed by atoms with E-state index >= 15 is 0 Å². The summed E-state index contributed by atoms with van der Waals surface area (Å²) in [6.07, 6.45) is 1.78. The van der Waals surface area contributed by atoms with Gasteiger partial charge in [-0.05, 0) is 41.5 Å². The van der Waals surface area contributed by atoms with Crippen LogP contribution in [0.1, 0.15) is 17.2 Å². The molecule has 3 aromatic rings. The van der Waals surface area contributed by atoms with E-state index in [4.69, 9.17) is 17.4 Å². The molecule has 1 atom stereocenters. The lowest BCUT2D eigenvalue weighted by Crippen LogP contribution is -2.28. The monoisotopic (exact) mass is 361 g/mol. The van der Waals surface area contributed by atoms with E-state index in [-0.39, 0.29) is 6.04 Å². The highest BCUT2D eigenvalue weighted by Gasteiger charge is 2.14. The maximum atomic E-state index is 6.12. The Morgan fingerprint density at radius 2 is 1.95 bits per heavy atom. The summed E-state index contributed by atoms with van der Waals surface area (Å²) in [4.78, 5) is 4.38. The van der Waals surface area contributed by atoms with Gasteiger partial charge in [-0.15, -0.1) is 0 Å². The number of nitrogens with zero attached hydrogens (tertiary/aromatic N) is 1. The molecular weight excluding hydrogens is 350 g/mol. The molecular formula is C16H13BrClN3. The van der Waals surface area contributed by atoms with Crippen molar-refractivity contribution in [2.45, 2.75) is 6.04 Å². The van der Waals surface area contributed by atoms with Gasteiger partial charge in [0.1, 0.15) is 0 Å². The summed E-state index contributed by atoms with van der Waals surface area (Å²) in [5, 5.41) is 1.77. The fraction of sp³-hybridized carbons (Fsp3) is 0.0625. The van der Waals surface area contributed by atoms with Crippen LogP contribution in [0.25, 0.3) is 10.9 Å². The second-order valence-electron chi connectivity index (χ2n) is 4.76. The molecule has 0 aliphatic rings. The number of hydrogen-bond acceptors (Lipinski definition) is 3. The number of hydrogen-bond donors (Lipinski definition) is 2. The molecule has 0 aliphatic carbocycles. The number of nitrogens with two attached hydrogens (primary N) is 1. The number of hydrazine groups is 1. The summed E-state index contributed by atoms with van der Waals surface area (Å²) in [6, 6.07) is 15.7. The van der Waals surface area contributed by atoms with E-state index < -0.39 is 0 Å². The maximum absolute atomic E-state index is 6.12. The molecule has 0 fully saturated rings. The number of nitrogens with one attached hydrogen (secondary N) is 1. The van der Waals surface area contributed by atoms with Crippen LogP contribution in [-0.2, 0) is 0 Å². The van der Waals surface area contributed by atoms with Gasteiger partial charge >= 0.3 is 0 Å². The Hall–Kier alpha value is -1.46. The van der Waals surface area contributed by atoms with Crippen molar-refractivity contribution in [1.82, 2.24) is 10.4 Å². The molecule has 0 spiro atoms. The Bertz CT molecular complexity index is 771. The quantitative estimate of drug-likeness (QED) is 0.542. The molecule has 21 heavy (non-hydrogen) atoms. The number of halogens is 2. The average Bonchev–Trinajstić information content (AvgIpc) is 2.47. The molecule has 0 amide bonds. The molecule has 1 unspecified atom stereocenters. The van der Waals surface area contributed by atoms with E-state index in [1.165, 1.54) is 0 Å². The second-order valence-corrected chi connectivity index (χ2v) is 6.11. The van der Waals surface area contributed by atoms with E-state index in [0.29, 0.717) is 5.02 Å². The maximum Gasteiger partial charge on any atom is 0.0711 e. The molecule has 5 heteroatoms. The molecule has 106 valence electrons. The summed E-state index contributed by atoms with van der Waals surface area (Å²) in [5.41, 5.74) is 5.82. The molecule has 2 aromatic carbocycles. The highest BCUT2D eigenvalue weighted by Crippen LogP contribution is 2.28. The zero-order valence-electron chi connectivity index (χ0n) is 11.1. The lowest BCUT2D eigenvalue weighted by atomic mass is 9.98. The van der Waals surface area contributed by atoms with E-state index in [9.17, 15) is 0 Å². The van der Waals surface area contributed by atoms with Crippen LogP contribution in [0.4, 0.5) is 0 Å². The summed E-state index contributed by atoms with van der Waals surface area (Å²) in [6.45, 7) is 0. The Kier molecular flexibility index (Phi) is 4.22. The molecule has 0 radical (unpaired) electrons. The van der Waals surface area contributed by atoms with Gasteiger partial charge in [0.05, 0.1) is 11.6 Å². The smallest absolute Gasteiger partial charge is 0.0711 e.